The normalized spacial score (nSPS) is 26.0. The largest absolute Gasteiger partial charge is 0.382 e. The molecule has 0 saturated heterocycles. The molecule has 0 N–H and O–H groups in total. The number of hydrogen-bond acceptors (Lipinski definition) is 4. The molecule has 2 rings (SSSR count). The first-order valence-corrected chi connectivity index (χ1v) is 8.00. The fraction of sp³-hybridized carbons (Fsp3) is 0.600. The molecular formula is C15H21NO3S. The van der Waals surface area contributed by atoms with E-state index < -0.39 is 16.0 Å². The van der Waals surface area contributed by atoms with Crippen LogP contribution in [-0.4, -0.2) is 27.2 Å². The highest BCUT2D eigenvalue weighted by Gasteiger charge is 2.55. The maximum absolute atomic E-state index is 11.0. The van der Waals surface area contributed by atoms with Crippen molar-refractivity contribution in [3.8, 4) is 0 Å². The van der Waals surface area contributed by atoms with Crippen molar-refractivity contribution in [2.75, 3.05) is 7.11 Å². The summed E-state index contributed by atoms with van der Waals surface area (Å²) in [5.74, 6) is 0.236. The maximum atomic E-state index is 11.0. The van der Waals surface area contributed by atoms with Crippen LogP contribution in [0.3, 0.4) is 0 Å². The molecule has 0 aliphatic heterocycles. The predicted octanol–water partition coefficient (Wildman–Crippen LogP) is 3.18. The summed E-state index contributed by atoms with van der Waals surface area (Å²) < 4.78 is 31.2. The standard InChI is InChI=1S/C15H21NO3S/c1-12(19-2)7-6-10-15(16-20(17)18)11-14(15)13-8-4-3-5-9-13/h3-5,8-9,12,14H,6-7,10-11H2,1-2H3. The quantitative estimate of drug-likeness (QED) is 0.776. The van der Waals surface area contributed by atoms with Gasteiger partial charge in [0, 0.05) is 13.0 Å². The van der Waals surface area contributed by atoms with Crippen LogP contribution in [0.25, 0.3) is 0 Å². The molecule has 3 unspecified atom stereocenters. The molecule has 3 atom stereocenters. The zero-order valence-corrected chi connectivity index (χ0v) is 12.8. The molecule has 0 heterocycles. The molecule has 1 fully saturated rings. The van der Waals surface area contributed by atoms with Gasteiger partial charge in [0.2, 0.25) is 0 Å². The van der Waals surface area contributed by atoms with Crippen molar-refractivity contribution in [2.45, 2.75) is 50.2 Å². The highest BCUT2D eigenvalue weighted by molar-refractivity contribution is 7.61. The number of nitrogens with zero attached hydrogens (tertiary/aromatic N) is 1. The van der Waals surface area contributed by atoms with Crippen LogP contribution < -0.4 is 0 Å². The van der Waals surface area contributed by atoms with Gasteiger partial charge in [-0.15, -0.1) is 0 Å². The fourth-order valence-corrected chi connectivity index (χ4v) is 3.38. The Labute approximate surface area is 121 Å². The third kappa shape index (κ3) is 3.67. The second-order valence-corrected chi connectivity index (χ2v) is 6.13. The molecule has 0 aromatic heterocycles. The van der Waals surface area contributed by atoms with E-state index >= 15 is 0 Å². The van der Waals surface area contributed by atoms with E-state index in [4.69, 9.17) is 4.74 Å². The summed E-state index contributed by atoms with van der Waals surface area (Å²) in [6.07, 6.45) is 3.69. The Balaban J connectivity index is 2.05. The Bertz CT molecular complexity index is 562. The van der Waals surface area contributed by atoms with Crippen molar-refractivity contribution in [2.24, 2.45) is 4.36 Å². The Morgan fingerprint density at radius 2 is 2.10 bits per heavy atom. The summed E-state index contributed by atoms with van der Waals surface area (Å²) >= 11 is 0. The Morgan fingerprint density at radius 1 is 1.40 bits per heavy atom. The van der Waals surface area contributed by atoms with Crippen LogP contribution in [0.5, 0.6) is 0 Å². The van der Waals surface area contributed by atoms with Gasteiger partial charge in [-0.2, -0.15) is 12.8 Å². The summed E-state index contributed by atoms with van der Waals surface area (Å²) in [6.45, 7) is 2.02. The van der Waals surface area contributed by atoms with Crippen LogP contribution in [0, 0.1) is 0 Å². The summed E-state index contributed by atoms with van der Waals surface area (Å²) in [5.41, 5.74) is 0.767. The van der Waals surface area contributed by atoms with Gasteiger partial charge >= 0.3 is 10.5 Å². The number of methoxy groups -OCH3 is 1. The number of benzene rings is 1. The van der Waals surface area contributed by atoms with Crippen molar-refractivity contribution in [3.05, 3.63) is 35.9 Å². The molecule has 1 saturated carbocycles. The Kier molecular flexibility index (Phi) is 4.94. The minimum atomic E-state index is -2.34. The van der Waals surface area contributed by atoms with E-state index in [0.29, 0.717) is 0 Å². The van der Waals surface area contributed by atoms with Crippen molar-refractivity contribution in [1.29, 1.82) is 0 Å². The first-order valence-electron chi connectivity index (χ1n) is 6.97. The van der Waals surface area contributed by atoms with Gasteiger partial charge in [-0.05, 0) is 38.2 Å². The molecule has 0 radical (unpaired) electrons. The zero-order valence-electron chi connectivity index (χ0n) is 12.0. The van der Waals surface area contributed by atoms with E-state index in [2.05, 4.69) is 4.36 Å². The highest BCUT2D eigenvalue weighted by Crippen LogP contribution is 2.57. The number of ether oxygens (including phenoxy) is 1. The molecule has 4 nitrogen and oxygen atoms in total. The van der Waals surface area contributed by atoms with E-state index in [0.717, 1.165) is 25.7 Å². The molecule has 1 aromatic rings. The van der Waals surface area contributed by atoms with Crippen molar-refractivity contribution in [1.82, 2.24) is 0 Å². The SMILES string of the molecule is COC(C)CCCC1(N=S(=O)=O)CC1c1ccccc1. The third-order valence-corrected chi connectivity index (χ3v) is 4.64. The molecule has 5 heteroatoms. The van der Waals surface area contributed by atoms with E-state index in [1.165, 1.54) is 5.56 Å². The lowest BCUT2D eigenvalue weighted by atomic mass is 10.0. The molecule has 1 aliphatic carbocycles. The molecule has 110 valence electrons. The van der Waals surface area contributed by atoms with E-state index in [9.17, 15) is 8.42 Å². The lowest BCUT2D eigenvalue weighted by molar-refractivity contribution is 0.108. The smallest absolute Gasteiger partial charge is 0.311 e. The van der Waals surface area contributed by atoms with Gasteiger partial charge < -0.3 is 4.74 Å². The van der Waals surface area contributed by atoms with Crippen molar-refractivity contribution in [3.63, 3.8) is 0 Å². The minimum absolute atomic E-state index is 0.207. The topological polar surface area (TPSA) is 55.7 Å². The highest BCUT2D eigenvalue weighted by atomic mass is 32.2. The van der Waals surface area contributed by atoms with E-state index in [1.807, 2.05) is 37.3 Å². The van der Waals surface area contributed by atoms with Crippen molar-refractivity contribution < 1.29 is 13.2 Å². The average molecular weight is 295 g/mol. The van der Waals surface area contributed by atoms with Gasteiger partial charge in [0.15, 0.2) is 0 Å². The van der Waals surface area contributed by atoms with Crippen LogP contribution >= 0.6 is 0 Å². The van der Waals surface area contributed by atoms with Crippen LogP contribution in [0.2, 0.25) is 0 Å². The molecule has 0 spiro atoms. The maximum Gasteiger partial charge on any atom is 0.311 e. The summed E-state index contributed by atoms with van der Waals surface area (Å²) in [7, 11) is -0.643. The molecule has 1 aliphatic rings. The van der Waals surface area contributed by atoms with Gasteiger partial charge in [0.25, 0.3) is 0 Å². The Hall–Kier alpha value is -1.20. The average Bonchev–Trinajstić information content (AvgIpc) is 3.13. The molecular weight excluding hydrogens is 274 g/mol. The second-order valence-electron chi connectivity index (χ2n) is 5.52. The Morgan fingerprint density at radius 3 is 2.70 bits per heavy atom. The zero-order chi connectivity index (χ0) is 14.6. The lowest BCUT2D eigenvalue weighted by Gasteiger charge is -2.13. The predicted molar refractivity (Wildman–Crippen MR) is 78.2 cm³/mol. The molecule has 0 amide bonds. The van der Waals surface area contributed by atoms with Gasteiger partial charge in [-0.1, -0.05) is 30.3 Å². The molecule has 0 bridgehead atoms. The van der Waals surface area contributed by atoms with E-state index in [-0.39, 0.29) is 12.0 Å². The first-order chi connectivity index (χ1) is 9.57. The van der Waals surface area contributed by atoms with Crippen LogP contribution in [0.4, 0.5) is 0 Å². The van der Waals surface area contributed by atoms with E-state index in [1.54, 1.807) is 7.11 Å². The molecule has 20 heavy (non-hydrogen) atoms. The fourth-order valence-electron chi connectivity index (χ4n) is 2.79. The second kappa shape index (κ2) is 6.50. The summed E-state index contributed by atoms with van der Waals surface area (Å²) in [4.78, 5) is 0. The molecule has 1 aromatic carbocycles. The number of rotatable bonds is 7. The monoisotopic (exact) mass is 295 g/mol. The van der Waals surface area contributed by atoms with Gasteiger partial charge in [0.05, 0.1) is 11.6 Å². The first kappa shape index (κ1) is 15.2. The third-order valence-electron chi connectivity index (χ3n) is 4.13. The summed E-state index contributed by atoms with van der Waals surface area (Å²) in [5, 5.41) is 0. The van der Waals surface area contributed by atoms with Gasteiger partial charge in [-0.25, -0.2) is 0 Å². The van der Waals surface area contributed by atoms with Crippen LogP contribution in [0.1, 0.15) is 44.1 Å². The van der Waals surface area contributed by atoms with Crippen molar-refractivity contribution >= 4 is 10.5 Å². The van der Waals surface area contributed by atoms with Gasteiger partial charge in [-0.3, -0.25) is 0 Å². The lowest BCUT2D eigenvalue weighted by Crippen LogP contribution is -2.11. The van der Waals surface area contributed by atoms with Crippen LogP contribution in [0.15, 0.2) is 34.7 Å². The minimum Gasteiger partial charge on any atom is -0.382 e. The number of hydrogen-bond donors (Lipinski definition) is 0. The summed E-state index contributed by atoms with van der Waals surface area (Å²) in [6, 6.07) is 10.0. The van der Waals surface area contributed by atoms with Gasteiger partial charge in [0.1, 0.15) is 0 Å². The van der Waals surface area contributed by atoms with Crippen LogP contribution in [-0.2, 0) is 15.2 Å².